The lowest BCUT2D eigenvalue weighted by atomic mass is 10.0. The molecular weight excluding hydrogens is 323 g/mol. The zero-order valence-corrected chi connectivity index (χ0v) is 12.3. The predicted molar refractivity (Wildman–Crippen MR) is 71.5 cm³/mol. The zero-order chi connectivity index (χ0) is 17.8. The molecule has 2 amide bonds. The first-order valence-corrected chi connectivity index (χ1v) is 6.62. The molecule has 0 aliphatic rings. The van der Waals surface area contributed by atoms with Crippen molar-refractivity contribution in [3.05, 3.63) is 35.4 Å². The molecule has 0 radical (unpaired) electrons. The molecule has 0 saturated heterocycles. The molecule has 1 rings (SSSR count). The summed E-state index contributed by atoms with van der Waals surface area (Å²) in [4.78, 5) is 23.7. The van der Waals surface area contributed by atoms with Gasteiger partial charge in [0.25, 0.3) is 5.91 Å². The van der Waals surface area contributed by atoms with E-state index in [0.29, 0.717) is 0 Å². The average Bonchev–Trinajstić information content (AvgIpc) is 2.40. The minimum atomic E-state index is -4.61. The Labute approximate surface area is 129 Å². The van der Waals surface area contributed by atoms with E-state index in [2.05, 4.69) is 5.32 Å². The third-order valence-corrected chi connectivity index (χ3v) is 2.89. The van der Waals surface area contributed by atoms with Crippen LogP contribution < -0.4 is 10.6 Å². The zero-order valence-electron chi connectivity index (χ0n) is 12.3. The third-order valence-electron chi connectivity index (χ3n) is 2.89. The Morgan fingerprint density at radius 3 is 2.09 bits per heavy atom. The van der Waals surface area contributed by atoms with Crippen LogP contribution in [0.15, 0.2) is 18.2 Å². The number of carbonyl (C=O) groups excluding carboxylic acids is 2. The van der Waals surface area contributed by atoms with Gasteiger partial charge in [-0.3, -0.25) is 9.59 Å². The summed E-state index contributed by atoms with van der Waals surface area (Å²) in [5.74, 6) is -5.19. The molecule has 1 aromatic rings. The number of carbonyl (C=O) groups is 2. The summed E-state index contributed by atoms with van der Waals surface area (Å²) in [6, 6.07) is 1.39. The molecular formula is C14H15F5N2O2. The van der Waals surface area contributed by atoms with Gasteiger partial charge in [-0.05, 0) is 18.1 Å². The molecule has 0 fully saturated rings. The van der Waals surface area contributed by atoms with Gasteiger partial charge in [0.05, 0.1) is 0 Å². The Morgan fingerprint density at radius 2 is 1.65 bits per heavy atom. The lowest BCUT2D eigenvalue weighted by Gasteiger charge is -2.22. The van der Waals surface area contributed by atoms with Gasteiger partial charge in [0.2, 0.25) is 5.91 Å². The van der Waals surface area contributed by atoms with Crippen LogP contribution in [0, 0.1) is 17.6 Å². The summed E-state index contributed by atoms with van der Waals surface area (Å²) >= 11 is 0. The fourth-order valence-electron chi connectivity index (χ4n) is 1.76. The van der Waals surface area contributed by atoms with Crippen LogP contribution in [0.5, 0.6) is 0 Å². The molecule has 1 atom stereocenters. The maximum Gasteiger partial charge on any atom is 0.405 e. The molecule has 0 spiro atoms. The van der Waals surface area contributed by atoms with Crippen molar-refractivity contribution < 1.29 is 31.5 Å². The monoisotopic (exact) mass is 338 g/mol. The third kappa shape index (κ3) is 5.50. The van der Waals surface area contributed by atoms with E-state index < -0.39 is 53.7 Å². The van der Waals surface area contributed by atoms with Crippen molar-refractivity contribution in [3.8, 4) is 0 Å². The first-order chi connectivity index (χ1) is 10.5. The molecule has 128 valence electrons. The quantitative estimate of drug-likeness (QED) is 0.810. The highest BCUT2D eigenvalue weighted by Gasteiger charge is 2.32. The molecule has 23 heavy (non-hydrogen) atoms. The Hall–Kier alpha value is -2.19. The minimum absolute atomic E-state index is 0.595. The number of nitrogens with one attached hydrogen (secondary N) is 2. The number of hydrogen-bond acceptors (Lipinski definition) is 2. The van der Waals surface area contributed by atoms with Gasteiger partial charge < -0.3 is 10.6 Å². The standard InChI is InChI=1S/C14H15F5N2O2/c1-7(2)11(13(23)20-6-14(17,18)19)21-12(22)10-8(15)4-3-5-9(10)16/h3-5,7,11H,6H2,1-2H3,(H,20,23)(H,21,22)/t11-/m0/s1. The average molecular weight is 338 g/mol. The van der Waals surface area contributed by atoms with Crippen LogP contribution in [0.25, 0.3) is 0 Å². The van der Waals surface area contributed by atoms with Gasteiger partial charge in [0.15, 0.2) is 0 Å². The largest absolute Gasteiger partial charge is 0.405 e. The molecule has 0 bridgehead atoms. The summed E-state index contributed by atoms with van der Waals surface area (Å²) in [6.07, 6.45) is -4.61. The van der Waals surface area contributed by atoms with E-state index in [1.165, 1.54) is 13.8 Å². The number of halogens is 5. The van der Waals surface area contributed by atoms with Crippen molar-refractivity contribution in [2.75, 3.05) is 6.54 Å². The number of benzene rings is 1. The Bertz CT molecular complexity index is 567. The van der Waals surface area contributed by atoms with E-state index in [1.54, 1.807) is 5.32 Å². The van der Waals surface area contributed by atoms with Crippen molar-refractivity contribution in [2.45, 2.75) is 26.1 Å². The first-order valence-electron chi connectivity index (χ1n) is 6.62. The van der Waals surface area contributed by atoms with Crippen molar-refractivity contribution >= 4 is 11.8 Å². The fourth-order valence-corrected chi connectivity index (χ4v) is 1.76. The van der Waals surface area contributed by atoms with Crippen molar-refractivity contribution in [1.82, 2.24) is 10.6 Å². The second kappa shape index (κ2) is 7.38. The molecule has 0 aliphatic carbocycles. The molecule has 0 aliphatic heterocycles. The maximum absolute atomic E-state index is 13.5. The van der Waals surface area contributed by atoms with Crippen molar-refractivity contribution in [2.24, 2.45) is 5.92 Å². The van der Waals surface area contributed by atoms with Crippen LogP contribution >= 0.6 is 0 Å². The highest BCUT2D eigenvalue weighted by molar-refractivity contribution is 5.98. The van der Waals surface area contributed by atoms with Gasteiger partial charge in [0.1, 0.15) is 29.8 Å². The number of rotatable bonds is 5. The van der Waals surface area contributed by atoms with Crippen molar-refractivity contribution in [3.63, 3.8) is 0 Å². The predicted octanol–water partition coefficient (Wildman–Crippen LogP) is 2.40. The second-order valence-electron chi connectivity index (χ2n) is 5.12. The van der Waals surface area contributed by atoms with Gasteiger partial charge in [-0.1, -0.05) is 19.9 Å². The smallest absolute Gasteiger partial charge is 0.345 e. The summed E-state index contributed by atoms with van der Waals surface area (Å²) in [6.45, 7) is 1.37. The fraction of sp³-hybridized carbons (Fsp3) is 0.429. The summed E-state index contributed by atoms with van der Waals surface area (Å²) < 4.78 is 63.4. The van der Waals surface area contributed by atoms with E-state index in [1.807, 2.05) is 0 Å². The molecule has 1 aromatic carbocycles. The second-order valence-corrected chi connectivity index (χ2v) is 5.12. The maximum atomic E-state index is 13.5. The SMILES string of the molecule is CC(C)[C@H](NC(=O)c1c(F)cccc1F)C(=O)NCC(F)(F)F. The van der Waals surface area contributed by atoms with Crippen LogP contribution in [0.4, 0.5) is 22.0 Å². The number of hydrogen-bond donors (Lipinski definition) is 2. The lowest BCUT2D eigenvalue weighted by Crippen LogP contribution is -2.51. The topological polar surface area (TPSA) is 58.2 Å². The van der Waals surface area contributed by atoms with Gasteiger partial charge in [-0.15, -0.1) is 0 Å². The van der Waals surface area contributed by atoms with Crippen LogP contribution in [0.1, 0.15) is 24.2 Å². The Kier molecular flexibility index (Phi) is 6.05. The van der Waals surface area contributed by atoms with Gasteiger partial charge >= 0.3 is 6.18 Å². The van der Waals surface area contributed by atoms with Crippen LogP contribution in [0.2, 0.25) is 0 Å². The van der Waals surface area contributed by atoms with E-state index in [0.717, 1.165) is 18.2 Å². The number of amides is 2. The van der Waals surface area contributed by atoms with E-state index >= 15 is 0 Å². The molecule has 9 heteroatoms. The first kappa shape index (κ1) is 18.9. The van der Waals surface area contributed by atoms with Gasteiger partial charge in [0, 0.05) is 0 Å². The molecule has 2 N–H and O–H groups in total. The molecule has 0 heterocycles. The van der Waals surface area contributed by atoms with E-state index in [4.69, 9.17) is 0 Å². The summed E-state index contributed by atoms with van der Waals surface area (Å²) in [5, 5.41) is 3.68. The van der Waals surface area contributed by atoms with Crippen LogP contribution in [0.3, 0.4) is 0 Å². The summed E-state index contributed by atoms with van der Waals surface area (Å²) in [5.41, 5.74) is -0.901. The van der Waals surface area contributed by atoms with E-state index in [9.17, 15) is 31.5 Å². The van der Waals surface area contributed by atoms with Gasteiger partial charge in [-0.25, -0.2) is 8.78 Å². The Balaban J connectivity index is 2.88. The normalized spacial score (nSPS) is 12.9. The molecule has 0 aromatic heterocycles. The molecule has 4 nitrogen and oxygen atoms in total. The molecule has 0 unspecified atom stereocenters. The lowest BCUT2D eigenvalue weighted by molar-refractivity contribution is -0.140. The van der Waals surface area contributed by atoms with Crippen LogP contribution in [-0.2, 0) is 4.79 Å². The van der Waals surface area contributed by atoms with Crippen molar-refractivity contribution in [1.29, 1.82) is 0 Å². The van der Waals surface area contributed by atoms with Gasteiger partial charge in [-0.2, -0.15) is 13.2 Å². The van der Waals surface area contributed by atoms with Crippen LogP contribution in [-0.4, -0.2) is 30.6 Å². The van der Waals surface area contributed by atoms with E-state index in [-0.39, 0.29) is 0 Å². The summed E-state index contributed by atoms with van der Waals surface area (Å²) in [7, 11) is 0. The minimum Gasteiger partial charge on any atom is -0.345 e. The Morgan fingerprint density at radius 1 is 1.13 bits per heavy atom. The molecule has 0 saturated carbocycles. The highest BCUT2D eigenvalue weighted by atomic mass is 19.4. The highest BCUT2D eigenvalue weighted by Crippen LogP contribution is 2.14. The number of alkyl halides is 3.